The van der Waals surface area contributed by atoms with E-state index in [1.54, 1.807) is 0 Å². The van der Waals surface area contributed by atoms with Crippen LogP contribution in [0.25, 0.3) is 0 Å². The van der Waals surface area contributed by atoms with Crippen LogP contribution in [0.1, 0.15) is 31.7 Å². The van der Waals surface area contributed by atoms with Gasteiger partial charge in [0, 0.05) is 25.7 Å². The van der Waals surface area contributed by atoms with Crippen LogP contribution in [-0.4, -0.2) is 34.9 Å². The molecular weight excluding hydrogens is 242 g/mol. The molecule has 1 rings (SSSR count). The SMILES string of the molecule is CC(=O)NC(CCO)(CCO)CCc1ccccc1. The van der Waals surface area contributed by atoms with E-state index in [1.165, 1.54) is 12.5 Å². The van der Waals surface area contributed by atoms with Gasteiger partial charge in [-0.05, 0) is 31.2 Å². The molecule has 0 unspecified atom stereocenters. The van der Waals surface area contributed by atoms with Crippen LogP contribution in [0.5, 0.6) is 0 Å². The van der Waals surface area contributed by atoms with Gasteiger partial charge in [0.2, 0.25) is 5.91 Å². The van der Waals surface area contributed by atoms with Crippen LogP contribution < -0.4 is 5.32 Å². The van der Waals surface area contributed by atoms with E-state index in [2.05, 4.69) is 5.32 Å². The van der Waals surface area contributed by atoms with E-state index >= 15 is 0 Å². The Bertz CT molecular complexity index is 372. The van der Waals surface area contributed by atoms with Crippen LogP contribution in [0, 0.1) is 0 Å². The lowest BCUT2D eigenvalue weighted by molar-refractivity contribution is -0.121. The Morgan fingerprint density at radius 1 is 1.11 bits per heavy atom. The van der Waals surface area contributed by atoms with Crippen molar-refractivity contribution in [2.75, 3.05) is 13.2 Å². The summed E-state index contributed by atoms with van der Waals surface area (Å²) in [4.78, 5) is 11.3. The van der Waals surface area contributed by atoms with Crippen LogP contribution in [0.15, 0.2) is 30.3 Å². The van der Waals surface area contributed by atoms with Crippen LogP contribution >= 0.6 is 0 Å². The summed E-state index contributed by atoms with van der Waals surface area (Å²) in [6.07, 6.45) is 2.43. The molecule has 0 heterocycles. The average Bonchev–Trinajstić information content (AvgIpc) is 2.37. The number of nitrogens with one attached hydrogen (secondary N) is 1. The van der Waals surface area contributed by atoms with Crippen molar-refractivity contribution in [3.8, 4) is 0 Å². The molecule has 0 aliphatic rings. The van der Waals surface area contributed by atoms with Crippen molar-refractivity contribution >= 4 is 5.91 Å². The highest BCUT2D eigenvalue weighted by Crippen LogP contribution is 2.22. The van der Waals surface area contributed by atoms with Crippen molar-refractivity contribution < 1.29 is 15.0 Å². The maximum absolute atomic E-state index is 11.3. The van der Waals surface area contributed by atoms with Gasteiger partial charge in [-0.15, -0.1) is 0 Å². The van der Waals surface area contributed by atoms with Crippen LogP contribution in [-0.2, 0) is 11.2 Å². The van der Waals surface area contributed by atoms with E-state index in [9.17, 15) is 15.0 Å². The monoisotopic (exact) mass is 265 g/mol. The zero-order valence-corrected chi connectivity index (χ0v) is 11.4. The maximum Gasteiger partial charge on any atom is 0.217 e. The Hall–Kier alpha value is -1.39. The lowest BCUT2D eigenvalue weighted by Gasteiger charge is -2.34. The molecule has 0 aromatic heterocycles. The van der Waals surface area contributed by atoms with Crippen LogP contribution in [0.2, 0.25) is 0 Å². The molecule has 1 amide bonds. The zero-order chi connectivity index (χ0) is 14.1. The molecule has 4 heteroatoms. The first-order chi connectivity index (χ1) is 9.12. The van der Waals surface area contributed by atoms with Gasteiger partial charge in [0.05, 0.1) is 0 Å². The molecule has 0 bridgehead atoms. The fraction of sp³-hybridized carbons (Fsp3) is 0.533. The number of aliphatic hydroxyl groups is 2. The van der Waals surface area contributed by atoms with Gasteiger partial charge in [0.1, 0.15) is 0 Å². The maximum atomic E-state index is 11.3. The van der Waals surface area contributed by atoms with Crippen LogP contribution in [0.3, 0.4) is 0 Å². The van der Waals surface area contributed by atoms with Crippen molar-refractivity contribution in [1.82, 2.24) is 5.32 Å². The van der Waals surface area contributed by atoms with Gasteiger partial charge in [-0.3, -0.25) is 4.79 Å². The van der Waals surface area contributed by atoms with E-state index in [4.69, 9.17) is 0 Å². The third-order valence-corrected chi connectivity index (χ3v) is 3.36. The predicted molar refractivity (Wildman–Crippen MR) is 74.7 cm³/mol. The summed E-state index contributed by atoms with van der Waals surface area (Å²) in [6.45, 7) is 1.45. The van der Waals surface area contributed by atoms with Gasteiger partial charge in [-0.2, -0.15) is 0 Å². The number of carbonyl (C=O) groups is 1. The van der Waals surface area contributed by atoms with E-state index in [-0.39, 0.29) is 19.1 Å². The number of amides is 1. The first-order valence-corrected chi connectivity index (χ1v) is 6.66. The molecule has 106 valence electrons. The minimum absolute atomic E-state index is 0.00489. The summed E-state index contributed by atoms with van der Waals surface area (Å²) in [5.41, 5.74) is 0.665. The minimum atomic E-state index is -0.523. The average molecular weight is 265 g/mol. The molecule has 0 aliphatic carbocycles. The number of hydrogen-bond acceptors (Lipinski definition) is 3. The smallest absolute Gasteiger partial charge is 0.217 e. The second kappa shape index (κ2) is 7.92. The van der Waals surface area contributed by atoms with Gasteiger partial charge < -0.3 is 15.5 Å². The molecule has 4 nitrogen and oxygen atoms in total. The molecule has 0 spiro atoms. The molecule has 0 atom stereocenters. The second-order valence-corrected chi connectivity index (χ2v) is 4.89. The normalized spacial score (nSPS) is 11.3. The number of hydrogen-bond donors (Lipinski definition) is 3. The highest BCUT2D eigenvalue weighted by molar-refractivity contribution is 5.73. The lowest BCUT2D eigenvalue weighted by Crippen LogP contribution is -2.49. The van der Waals surface area contributed by atoms with Gasteiger partial charge >= 0.3 is 0 Å². The number of aliphatic hydroxyl groups excluding tert-OH is 2. The van der Waals surface area contributed by atoms with Gasteiger partial charge in [0.15, 0.2) is 0 Å². The van der Waals surface area contributed by atoms with E-state index in [0.717, 1.165) is 6.42 Å². The summed E-state index contributed by atoms with van der Waals surface area (Å²) >= 11 is 0. The quantitative estimate of drug-likeness (QED) is 0.663. The Kier molecular flexibility index (Phi) is 6.53. The lowest BCUT2D eigenvalue weighted by atomic mass is 9.85. The Balaban J connectivity index is 2.73. The summed E-state index contributed by atoms with van der Waals surface area (Å²) in [6, 6.07) is 10.00. The molecule has 0 saturated heterocycles. The molecule has 19 heavy (non-hydrogen) atoms. The predicted octanol–water partition coefficient (Wildman–Crippen LogP) is 1.26. The summed E-state index contributed by atoms with van der Waals surface area (Å²) in [5, 5.41) is 21.3. The topological polar surface area (TPSA) is 69.6 Å². The highest BCUT2D eigenvalue weighted by Gasteiger charge is 2.29. The van der Waals surface area contributed by atoms with E-state index in [1.807, 2.05) is 30.3 Å². The van der Waals surface area contributed by atoms with Gasteiger partial charge in [-0.25, -0.2) is 0 Å². The number of benzene rings is 1. The van der Waals surface area contributed by atoms with Gasteiger partial charge in [-0.1, -0.05) is 30.3 Å². The van der Waals surface area contributed by atoms with Gasteiger partial charge in [0.25, 0.3) is 0 Å². The number of carbonyl (C=O) groups excluding carboxylic acids is 1. The van der Waals surface area contributed by atoms with Crippen molar-refractivity contribution in [2.45, 2.75) is 38.1 Å². The molecule has 0 aliphatic heterocycles. The standard InChI is InChI=1S/C15H23NO3/c1-13(19)16-15(9-11-17,10-12-18)8-7-14-5-3-2-4-6-14/h2-6,17-18H,7-12H2,1H3,(H,16,19). The first-order valence-electron chi connectivity index (χ1n) is 6.66. The molecular formula is C15H23NO3. The Morgan fingerprint density at radius 2 is 1.68 bits per heavy atom. The molecule has 0 radical (unpaired) electrons. The molecule has 1 aromatic carbocycles. The van der Waals surface area contributed by atoms with Crippen molar-refractivity contribution in [2.24, 2.45) is 0 Å². The molecule has 1 aromatic rings. The third kappa shape index (κ3) is 5.41. The fourth-order valence-corrected chi connectivity index (χ4v) is 2.39. The highest BCUT2D eigenvalue weighted by atomic mass is 16.3. The number of aryl methyl sites for hydroxylation is 1. The van der Waals surface area contributed by atoms with Crippen LogP contribution in [0.4, 0.5) is 0 Å². The Labute approximate surface area is 114 Å². The summed E-state index contributed by atoms with van der Waals surface area (Å²) < 4.78 is 0. The number of rotatable bonds is 8. The van der Waals surface area contributed by atoms with Crippen molar-refractivity contribution in [1.29, 1.82) is 0 Å². The molecule has 3 N–H and O–H groups in total. The van der Waals surface area contributed by atoms with E-state index < -0.39 is 5.54 Å². The fourth-order valence-electron chi connectivity index (χ4n) is 2.39. The summed E-state index contributed by atoms with van der Waals surface area (Å²) in [7, 11) is 0. The Morgan fingerprint density at radius 3 is 2.16 bits per heavy atom. The van der Waals surface area contributed by atoms with Crippen molar-refractivity contribution in [3.63, 3.8) is 0 Å². The minimum Gasteiger partial charge on any atom is -0.396 e. The zero-order valence-electron chi connectivity index (χ0n) is 11.4. The van der Waals surface area contributed by atoms with E-state index in [0.29, 0.717) is 19.3 Å². The second-order valence-electron chi connectivity index (χ2n) is 4.89. The largest absolute Gasteiger partial charge is 0.396 e. The molecule has 0 saturated carbocycles. The van der Waals surface area contributed by atoms with Crippen molar-refractivity contribution in [3.05, 3.63) is 35.9 Å². The third-order valence-electron chi connectivity index (χ3n) is 3.36. The summed E-state index contributed by atoms with van der Waals surface area (Å²) in [5.74, 6) is -0.130. The first kappa shape index (κ1) is 15.7. The molecule has 0 fully saturated rings.